The van der Waals surface area contributed by atoms with Gasteiger partial charge in [0.15, 0.2) is 0 Å². The van der Waals surface area contributed by atoms with E-state index in [-0.39, 0.29) is 0 Å². The van der Waals surface area contributed by atoms with Gasteiger partial charge in [0.1, 0.15) is 0 Å². The second-order valence-electron chi connectivity index (χ2n) is 2.86. The number of hydrogen-bond acceptors (Lipinski definition) is 1. The van der Waals surface area contributed by atoms with E-state index in [1.807, 2.05) is 0 Å². The van der Waals surface area contributed by atoms with Crippen LogP contribution < -0.4 is 5.73 Å². The predicted octanol–water partition coefficient (Wildman–Crippen LogP) is 1.86. The number of nitrogens with two attached hydrogens (primary N) is 1. The summed E-state index contributed by atoms with van der Waals surface area (Å²) in [4.78, 5) is 0. The summed E-state index contributed by atoms with van der Waals surface area (Å²) < 4.78 is 0. The molecule has 1 aliphatic rings. The summed E-state index contributed by atoms with van der Waals surface area (Å²) >= 11 is 0. The lowest BCUT2D eigenvalue weighted by Gasteiger charge is -2.01. The van der Waals surface area contributed by atoms with Gasteiger partial charge < -0.3 is 5.73 Å². The molecule has 1 rings (SSSR count). The molecule has 2 N–H and O–H groups in total. The van der Waals surface area contributed by atoms with Gasteiger partial charge in [0.2, 0.25) is 0 Å². The molecule has 10 heavy (non-hydrogen) atoms. The van der Waals surface area contributed by atoms with Crippen LogP contribution in [0.25, 0.3) is 0 Å². The molecule has 0 aliphatic heterocycles. The Bertz CT molecular complexity index is 156. The highest BCUT2D eigenvalue weighted by Crippen LogP contribution is 2.19. The van der Waals surface area contributed by atoms with Crippen LogP contribution in [0, 0.1) is 5.92 Å². The second kappa shape index (κ2) is 3.57. The zero-order valence-electron chi connectivity index (χ0n) is 6.51. The molecule has 0 amide bonds. The number of hydrogen-bond donors (Lipinski definition) is 1. The third-order valence-electron chi connectivity index (χ3n) is 1.82. The van der Waals surface area contributed by atoms with Crippen LogP contribution in [0.4, 0.5) is 0 Å². The molecule has 0 aromatic rings. The molecule has 0 saturated carbocycles. The second-order valence-corrected chi connectivity index (χ2v) is 2.86. The first-order valence-electron chi connectivity index (χ1n) is 3.89. The van der Waals surface area contributed by atoms with Crippen LogP contribution in [-0.2, 0) is 0 Å². The highest BCUT2D eigenvalue weighted by Gasteiger charge is 2.04. The summed E-state index contributed by atoms with van der Waals surface area (Å²) in [6.07, 6.45) is 9.09. The van der Waals surface area contributed by atoms with Crippen molar-refractivity contribution >= 4 is 0 Å². The van der Waals surface area contributed by atoms with E-state index in [4.69, 9.17) is 5.73 Å². The van der Waals surface area contributed by atoms with Crippen LogP contribution in [0.3, 0.4) is 0 Å². The Balaban J connectivity index is 2.26. The number of allylic oxidation sites excluding steroid dienone is 4. The standard InChI is InChI=1S/C9H15N/c1-8-4-5-9(7-8)3-2-6-10/h4-5,7,9H,2-3,6,10H2,1H3. The van der Waals surface area contributed by atoms with E-state index in [0.717, 1.165) is 13.0 Å². The van der Waals surface area contributed by atoms with E-state index in [1.54, 1.807) is 0 Å². The Hall–Kier alpha value is -0.560. The summed E-state index contributed by atoms with van der Waals surface area (Å²) in [7, 11) is 0. The van der Waals surface area contributed by atoms with Gasteiger partial charge in [0.05, 0.1) is 0 Å². The van der Waals surface area contributed by atoms with Gasteiger partial charge >= 0.3 is 0 Å². The van der Waals surface area contributed by atoms with Gasteiger partial charge in [-0.3, -0.25) is 0 Å². The smallest absolute Gasteiger partial charge is 0.00441 e. The largest absolute Gasteiger partial charge is 0.330 e. The molecule has 56 valence electrons. The van der Waals surface area contributed by atoms with Crippen LogP contribution in [-0.4, -0.2) is 6.54 Å². The van der Waals surface area contributed by atoms with Crippen molar-refractivity contribution in [3.63, 3.8) is 0 Å². The summed E-state index contributed by atoms with van der Waals surface area (Å²) in [5, 5.41) is 0. The van der Waals surface area contributed by atoms with Crippen molar-refractivity contribution in [3.8, 4) is 0 Å². The maximum atomic E-state index is 5.40. The molecule has 0 heterocycles. The third-order valence-corrected chi connectivity index (χ3v) is 1.82. The minimum Gasteiger partial charge on any atom is -0.330 e. The molecule has 1 nitrogen and oxygen atoms in total. The van der Waals surface area contributed by atoms with Gasteiger partial charge in [0, 0.05) is 0 Å². The topological polar surface area (TPSA) is 26.0 Å². The minimum atomic E-state index is 0.670. The molecular weight excluding hydrogens is 122 g/mol. The fourth-order valence-corrected chi connectivity index (χ4v) is 1.26. The summed E-state index contributed by atoms with van der Waals surface area (Å²) in [5.74, 6) is 0.670. The first-order chi connectivity index (χ1) is 4.83. The first kappa shape index (κ1) is 7.55. The Kier molecular flexibility index (Phi) is 2.69. The molecular formula is C9H15N. The van der Waals surface area contributed by atoms with Crippen molar-refractivity contribution < 1.29 is 0 Å². The normalized spacial score (nSPS) is 23.4. The maximum absolute atomic E-state index is 5.40. The lowest BCUT2D eigenvalue weighted by atomic mass is 10.1. The van der Waals surface area contributed by atoms with Gasteiger partial charge in [-0.2, -0.15) is 0 Å². The zero-order chi connectivity index (χ0) is 7.40. The molecule has 0 aromatic heterocycles. The molecule has 1 atom stereocenters. The molecule has 0 spiro atoms. The third kappa shape index (κ3) is 1.99. The molecule has 0 saturated heterocycles. The molecule has 1 heteroatoms. The summed E-state index contributed by atoms with van der Waals surface area (Å²) in [6.45, 7) is 2.95. The van der Waals surface area contributed by atoms with Crippen molar-refractivity contribution in [1.82, 2.24) is 0 Å². The molecule has 0 fully saturated rings. The van der Waals surface area contributed by atoms with E-state index in [9.17, 15) is 0 Å². The molecule has 1 aliphatic carbocycles. The Morgan fingerprint density at radius 1 is 1.60 bits per heavy atom. The minimum absolute atomic E-state index is 0.670. The zero-order valence-corrected chi connectivity index (χ0v) is 6.51. The van der Waals surface area contributed by atoms with E-state index in [2.05, 4.69) is 25.2 Å². The van der Waals surface area contributed by atoms with Gasteiger partial charge in [0.25, 0.3) is 0 Å². The van der Waals surface area contributed by atoms with Crippen molar-refractivity contribution in [1.29, 1.82) is 0 Å². The Labute approximate surface area is 62.6 Å². The lowest BCUT2D eigenvalue weighted by molar-refractivity contribution is 0.666. The fraction of sp³-hybridized carbons (Fsp3) is 0.556. The van der Waals surface area contributed by atoms with E-state index in [0.29, 0.717) is 5.92 Å². The monoisotopic (exact) mass is 137 g/mol. The van der Waals surface area contributed by atoms with Crippen molar-refractivity contribution in [2.75, 3.05) is 6.54 Å². The van der Waals surface area contributed by atoms with Crippen molar-refractivity contribution in [2.45, 2.75) is 19.8 Å². The molecule has 1 unspecified atom stereocenters. The Morgan fingerprint density at radius 2 is 2.40 bits per heavy atom. The summed E-state index contributed by atoms with van der Waals surface area (Å²) in [6, 6.07) is 0. The number of rotatable bonds is 3. The van der Waals surface area contributed by atoms with E-state index >= 15 is 0 Å². The fourth-order valence-electron chi connectivity index (χ4n) is 1.26. The van der Waals surface area contributed by atoms with Crippen LogP contribution >= 0.6 is 0 Å². The SMILES string of the molecule is CC1=CC(CCCN)C=C1. The highest BCUT2D eigenvalue weighted by molar-refractivity contribution is 5.26. The van der Waals surface area contributed by atoms with Gasteiger partial charge in [-0.15, -0.1) is 0 Å². The van der Waals surface area contributed by atoms with Crippen LogP contribution in [0.1, 0.15) is 19.8 Å². The molecule has 0 aromatic carbocycles. The van der Waals surface area contributed by atoms with Crippen LogP contribution in [0.2, 0.25) is 0 Å². The predicted molar refractivity (Wildman–Crippen MR) is 44.7 cm³/mol. The summed E-state index contributed by atoms with van der Waals surface area (Å²) in [5.41, 5.74) is 6.79. The van der Waals surface area contributed by atoms with Gasteiger partial charge in [-0.1, -0.05) is 23.8 Å². The molecule has 0 bridgehead atoms. The molecule has 0 radical (unpaired) electrons. The lowest BCUT2D eigenvalue weighted by Crippen LogP contribution is -2.00. The average Bonchev–Trinajstić information content (AvgIpc) is 2.31. The highest BCUT2D eigenvalue weighted by atomic mass is 14.5. The van der Waals surface area contributed by atoms with Crippen molar-refractivity contribution in [3.05, 3.63) is 23.8 Å². The van der Waals surface area contributed by atoms with Crippen molar-refractivity contribution in [2.24, 2.45) is 11.7 Å². The van der Waals surface area contributed by atoms with Gasteiger partial charge in [-0.25, -0.2) is 0 Å². The van der Waals surface area contributed by atoms with Crippen LogP contribution in [0.15, 0.2) is 23.8 Å². The maximum Gasteiger partial charge on any atom is -0.00441 e. The Morgan fingerprint density at radius 3 is 2.90 bits per heavy atom. The van der Waals surface area contributed by atoms with E-state index < -0.39 is 0 Å². The van der Waals surface area contributed by atoms with E-state index in [1.165, 1.54) is 12.0 Å². The van der Waals surface area contributed by atoms with Crippen LogP contribution in [0.5, 0.6) is 0 Å². The van der Waals surface area contributed by atoms with Gasteiger partial charge in [-0.05, 0) is 32.2 Å². The quantitative estimate of drug-likeness (QED) is 0.631. The average molecular weight is 137 g/mol. The first-order valence-corrected chi connectivity index (χ1v) is 3.89.